The second kappa shape index (κ2) is 9.29. The van der Waals surface area contributed by atoms with Crippen molar-refractivity contribution in [1.82, 2.24) is 4.98 Å². The number of hydrogen-bond acceptors (Lipinski definition) is 5. The van der Waals surface area contributed by atoms with Gasteiger partial charge in [-0.25, -0.2) is 9.78 Å². The van der Waals surface area contributed by atoms with Crippen LogP contribution in [0.25, 0.3) is 20.8 Å². The molecule has 0 radical (unpaired) electrons. The quantitative estimate of drug-likeness (QED) is 0.355. The lowest BCUT2D eigenvalue weighted by Crippen LogP contribution is -2.32. The normalized spacial score (nSPS) is 11.8. The summed E-state index contributed by atoms with van der Waals surface area (Å²) in [6.07, 6.45) is -0.583. The van der Waals surface area contributed by atoms with E-state index in [0.29, 0.717) is 28.3 Å². The van der Waals surface area contributed by atoms with Crippen molar-refractivity contribution in [1.29, 1.82) is 0 Å². The van der Waals surface area contributed by atoms with Crippen LogP contribution in [0.3, 0.4) is 0 Å². The van der Waals surface area contributed by atoms with Crippen LogP contribution in [-0.2, 0) is 9.53 Å². The number of esters is 1. The highest BCUT2D eigenvalue weighted by Gasteiger charge is 2.24. The first-order chi connectivity index (χ1) is 15.0. The van der Waals surface area contributed by atoms with Gasteiger partial charge < -0.3 is 10.1 Å². The average molecular weight is 451 g/mol. The number of ether oxygens (including phenoxy) is 1. The molecule has 1 atom stereocenters. The highest BCUT2D eigenvalue weighted by Crippen LogP contribution is 2.32. The Hall–Kier alpha value is -3.22. The molecule has 1 amide bonds. The molecule has 1 N–H and O–H groups in total. The van der Waals surface area contributed by atoms with E-state index in [4.69, 9.17) is 16.3 Å². The zero-order valence-electron chi connectivity index (χ0n) is 16.7. The molecule has 0 aliphatic rings. The molecule has 0 bridgehead atoms. The number of nitrogens with zero attached hydrogens (tertiary/aromatic N) is 1. The minimum atomic E-state index is -0.924. The van der Waals surface area contributed by atoms with Gasteiger partial charge in [-0.2, -0.15) is 0 Å². The van der Waals surface area contributed by atoms with Gasteiger partial charge >= 0.3 is 5.97 Å². The third-order valence-corrected chi connectivity index (χ3v) is 6.02. The molecule has 0 spiro atoms. The van der Waals surface area contributed by atoms with Gasteiger partial charge in [0.1, 0.15) is 5.01 Å². The smallest absolute Gasteiger partial charge is 0.339 e. The Bertz CT molecular complexity index is 1200. The first-order valence-corrected chi connectivity index (χ1v) is 11.0. The number of anilines is 1. The van der Waals surface area contributed by atoms with Crippen molar-refractivity contribution in [3.05, 3.63) is 83.4 Å². The molecule has 3 aromatic carbocycles. The van der Waals surface area contributed by atoms with Gasteiger partial charge in [-0.1, -0.05) is 48.9 Å². The monoisotopic (exact) mass is 450 g/mol. The maximum Gasteiger partial charge on any atom is 0.339 e. The van der Waals surface area contributed by atoms with E-state index in [2.05, 4.69) is 10.3 Å². The second-order valence-electron chi connectivity index (χ2n) is 6.83. The number of benzene rings is 3. The third kappa shape index (κ3) is 4.76. The standard InChI is InChI=1S/C24H19ClN2O3S/c1-2-20(22(28)26-16-13-11-15(25)12-14-16)30-24(29)18-8-4-3-7-17(18)23-27-19-9-5-6-10-21(19)31-23/h3-14,20H,2H2,1H3,(H,26,28). The predicted molar refractivity (Wildman–Crippen MR) is 125 cm³/mol. The average Bonchev–Trinajstić information content (AvgIpc) is 3.23. The molecule has 1 heterocycles. The minimum Gasteiger partial charge on any atom is -0.449 e. The summed E-state index contributed by atoms with van der Waals surface area (Å²) in [7, 11) is 0. The highest BCUT2D eigenvalue weighted by atomic mass is 35.5. The molecule has 1 aromatic heterocycles. The van der Waals surface area contributed by atoms with Gasteiger partial charge in [0.25, 0.3) is 5.91 Å². The summed E-state index contributed by atoms with van der Waals surface area (Å²) < 4.78 is 6.62. The van der Waals surface area contributed by atoms with E-state index in [-0.39, 0.29) is 0 Å². The van der Waals surface area contributed by atoms with Crippen LogP contribution >= 0.6 is 22.9 Å². The zero-order chi connectivity index (χ0) is 21.8. The topological polar surface area (TPSA) is 68.3 Å². The first-order valence-electron chi connectivity index (χ1n) is 9.77. The van der Waals surface area contributed by atoms with Crippen LogP contribution in [0.5, 0.6) is 0 Å². The molecule has 0 saturated carbocycles. The molecule has 0 aliphatic heterocycles. The van der Waals surface area contributed by atoms with Gasteiger partial charge in [-0.15, -0.1) is 11.3 Å². The van der Waals surface area contributed by atoms with Crippen molar-refractivity contribution < 1.29 is 14.3 Å². The van der Waals surface area contributed by atoms with Crippen LogP contribution in [0.15, 0.2) is 72.8 Å². The van der Waals surface area contributed by atoms with Crippen LogP contribution in [0.2, 0.25) is 5.02 Å². The Balaban J connectivity index is 1.55. The van der Waals surface area contributed by atoms with Crippen LogP contribution in [0.1, 0.15) is 23.7 Å². The van der Waals surface area contributed by atoms with Crippen LogP contribution in [0.4, 0.5) is 5.69 Å². The van der Waals surface area contributed by atoms with Crippen LogP contribution in [0, 0.1) is 0 Å². The number of carbonyl (C=O) groups excluding carboxylic acids is 2. The number of carbonyl (C=O) groups is 2. The molecule has 1 unspecified atom stereocenters. The van der Waals surface area contributed by atoms with Crippen LogP contribution < -0.4 is 5.32 Å². The molecule has 5 nitrogen and oxygen atoms in total. The lowest BCUT2D eigenvalue weighted by Gasteiger charge is -2.17. The Morgan fingerprint density at radius 3 is 2.48 bits per heavy atom. The Labute approximate surface area is 188 Å². The zero-order valence-corrected chi connectivity index (χ0v) is 18.2. The number of thiazole rings is 1. The van der Waals surface area contributed by atoms with E-state index in [9.17, 15) is 9.59 Å². The number of aromatic nitrogens is 1. The summed E-state index contributed by atoms with van der Waals surface area (Å²) in [6.45, 7) is 1.79. The van der Waals surface area contributed by atoms with Gasteiger partial charge in [0.15, 0.2) is 6.10 Å². The molecule has 7 heteroatoms. The molecular weight excluding hydrogens is 432 g/mol. The molecule has 0 saturated heterocycles. The second-order valence-corrected chi connectivity index (χ2v) is 8.30. The molecule has 156 valence electrons. The SMILES string of the molecule is CCC(OC(=O)c1ccccc1-c1nc2ccccc2s1)C(=O)Nc1ccc(Cl)cc1. The maximum atomic E-state index is 13.0. The summed E-state index contributed by atoms with van der Waals surface area (Å²) in [6, 6.07) is 21.7. The number of para-hydroxylation sites is 1. The summed E-state index contributed by atoms with van der Waals surface area (Å²) >= 11 is 7.39. The molecular formula is C24H19ClN2O3S. The molecule has 31 heavy (non-hydrogen) atoms. The van der Waals surface area contributed by atoms with Gasteiger partial charge in [-0.3, -0.25) is 4.79 Å². The number of halogens is 1. The summed E-state index contributed by atoms with van der Waals surface area (Å²) in [4.78, 5) is 30.3. The van der Waals surface area contributed by atoms with E-state index in [0.717, 1.165) is 15.2 Å². The number of nitrogens with one attached hydrogen (secondary N) is 1. The fourth-order valence-electron chi connectivity index (χ4n) is 3.11. The molecule has 4 rings (SSSR count). The number of amides is 1. The van der Waals surface area contributed by atoms with Crippen LogP contribution in [-0.4, -0.2) is 23.0 Å². The van der Waals surface area contributed by atoms with Crippen molar-refractivity contribution in [2.24, 2.45) is 0 Å². The van der Waals surface area contributed by atoms with E-state index < -0.39 is 18.0 Å². The van der Waals surface area contributed by atoms with Crippen molar-refractivity contribution >= 4 is 50.7 Å². The van der Waals surface area contributed by atoms with E-state index >= 15 is 0 Å². The predicted octanol–water partition coefficient (Wildman–Crippen LogP) is 6.19. The lowest BCUT2D eigenvalue weighted by atomic mass is 10.1. The number of fused-ring (bicyclic) bond motifs is 1. The molecule has 4 aromatic rings. The highest BCUT2D eigenvalue weighted by molar-refractivity contribution is 7.21. The molecule has 0 fully saturated rings. The summed E-state index contributed by atoms with van der Waals surface area (Å²) in [5.74, 6) is -0.955. The third-order valence-electron chi connectivity index (χ3n) is 4.70. The maximum absolute atomic E-state index is 13.0. The van der Waals surface area contributed by atoms with Crippen molar-refractivity contribution in [3.63, 3.8) is 0 Å². The van der Waals surface area contributed by atoms with Crippen molar-refractivity contribution in [2.45, 2.75) is 19.4 Å². The largest absolute Gasteiger partial charge is 0.449 e. The van der Waals surface area contributed by atoms with Gasteiger partial charge in [-0.05, 0) is 48.9 Å². The van der Waals surface area contributed by atoms with Crippen molar-refractivity contribution in [2.75, 3.05) is 5.32 Å². The first kappa shape index (κ1) is 21.0. The Kier molecular flexibility index (Phi) is 6.30. The Morgan fingerprint density at radius 1 is 1.03 bits per heavy atom. The van der Waals surface area contributed by atoms with E-state index in [1.807, 2.05) is 36.4 Å². The molecule has 0 aliphatic carbocycles. The lowest BCUT2D eigenvalue weighted by molar-refractivity contribution is -0.124. The number of rotatable bonds is 6. The van der Waals surface area contributed by atoms with Crippen molar-refractivity contribution in [3.8, 4) is 10.6 Å². The minimum absolute atomic E-state index is 0.342. The fraction of sp³-hybridized carbons (Fsp3) is 0.125. The summed E-state index contributed by atoms with van der Waals surface area (Å²) in [5, 5.41) is 4.06. The van der Waals surface area contributed by atoms with Gasteiger partial charge in [0, 0.05) is 16.3 Å². The Morgan fingerprint density at radius 2 is 1.74 bits per heavy atom. The number of hydrogen-bond donors (Lipinski definition) is 1. The fourth-order valence-corrected chi connectivity index (χ4v) is 4.24. The van der Waals surface area contributed by atoms with E-state index in [1.165, 1.54) is 11.3 Å². The van der Waals surface area contributed by atoms with Gasteiger partial charge in [0.2, 0.25) is 0 Å². The van der Waals surface area contributed by atoms with E-state index in [1.54, 1.807) is 43.3 Å². The van der Waals surface area contributed by atoms with Gasteiger partial charge in [0.05, 0.1) is 15.8 Å². The summed E-state index contributed by atoms with van der Waals surface area (Å²) in [5.41, 5.74) is 2.51.